The van der Waals surface area contributed by atoms with E-state index in [0.717, 1.165) is 28.3 Å². The molecule has 0 saturated carbocycles. The van der Waals surface area contributed by atoms with Gasteiger partial charge in [-0.25, -0.2) is 5.01 Å². The van der Waals surface area contributed by atoms with E-state index in [4.69, 9.17) is 16.3 Å². The molecule has 1 atom stereocenters. The van der Waals surface area contributed by atoms with Gasteiger partial charge in [0.1, 0.15) is 11.6 Å². The molecule has 26 heavy (non-hydrogen) atoms. The number of ether oxygens (including phenoxy) is 1. The summed E-state index contributed by atoms with van der Waals surface area (Å²) in [4.78, 5) is 14.4. The molecule has 1 unspecified atom stereocenters. The van der Waals surface area contributed by atoms with E-state index >= 15 is 0 Å². The zero-order valence-electron chi connectivity index (χ0n) is 15.1. The lowest BCUT2D eigenvalue weighted by Crippen LogP contribution is -2.28. The Kier molecular flexibility index (Phi) is 5.47. The van der Waals surface area contributed by atoms with Crippen LogP contribution in [0.1, 0.15) is 23.6 Å². The largest absolute Gasteiger partial charge is 0.497 e. The summed E-state index contributed by atoms with van der Waals surface area (Å²) in [6.07, 6.45) is 0.649. The van der Waals surface area contributed by atoms with Crippen molar-refractivity contribution in [2.24, 2.45) is 5.10 Å². The number of carbonyl (C=O) groups excluding carboxylic acids is 1. The zero-order chi connectivity index (χ0) is 18.7. The number of amides is 1. The van der Waals surface area contributed by atoms with Crippen molar-refractivity contribution in [2.75, 3.05) is 32.0 Å². The van der Waals surface area contributed by atoms with Gasteiger partial charge in [-0.3, -0.25) is 4.79 Å². The third kappa shape index (κ3) is 3.68. The summed E-state index contributed by atoms with van der Waals surface area (Å²) in [6, 6.07) is 15.7. The number of halogens is 1. The highest BCUT2D eigenvalue weighted by molar-refractivity contribution is 6.27. The number of methoxy groups -OCH3 is 1. The molecule has 1 aliphatic rings. The van der Waals surface area contributed by atoms with Gasteiger partial charge in [-0.2, -0.15) is 5.10 Å². The van der Waals surface area contributed by atoms with E-state index in [1.807, 2.05) is 67.5 Å². The molecule has 3 rings (SSSR count). The summed E-state index contributed by atoms with van der Waals surface area (Å²) in [6.45, 7) is 0. The van der Waals surface area contributed by atoms with Crippen molar-refractivity contribution >= 4 is 28.9 Å². The first kappa shape index (κ1) is 18.3. The molecule has 0 N–H and O–H groups in total. The Morgan fingerprint density at radius 3 is 2.38 bits per heavy atom. The Hall–Kier alpha value is -2.53. The highest BCUT2D eigenvalue weighted by Gasteiger charge is 2.32. The zero-order valence-corrected chi connectivity index (χ0v) is 15.9. The van der Waals surface area contributed by atoms with Crippen molar-refractivity contribution in [2.45, 2.75) is 12.5 Å². The summed E-state index contributed by atoms with van der Waals surface area (Å²) in [5, 5.41) is 6.08. The fourth-order valence-corrected chi connectivity index (χ4v) is 3.14. The fraction of sp³-hybridized carbons (Fsp3) is 0.300. The SMILES string of the molecule is COc1ccc(C2=NN(C(=O)CCl)C(c3ccc(N(C)C)cc3)C2)cc1. The molecule has 2 aromatic rings. The number of anilines is 1. The molecule has 2 aromatic carbocycles. The minimum absolute atomic E-state index is 0.0916. The molecule has 136 valence electrons. The van der Waals surface area contributed by atoms with Gasteiger partial charge in [0.2, 0.25) is 0 Å². The van der Waals surface area contributed by atoms with Gasteiger partial charge in [0.05, 0.1) is 18.9 Å². The van der Waals surface area contributed by atoms with Crippen molar-refractivity contribution < 1.29 is 9.53 Å². The smallest absolute Gasteiger partial charge is 0.258 e. The summed E-state index contributed by atoms with van der Waals surface area (Å²) >= 11 is 5.80. The van der Waals surface area contributed by atoms with Crippen molar-refractivity contribution in [3.8, 4) is 5.75 Å². The van der Waals surface area contributed by atoms with Crippen LogP contribution in [-0.2, 0) is 4.79 Å². The first-order valence-electron chi connectivity index (χ1n) is 8.40. The molecular weight excluding hydrogens is 350 g/mol. The van der Waals surface area contributed by atoms with Crippen LogP contribution in [-0.4, -0.2) is 43.7 Å². The van der Waals surface area contributed by atoms with Gasteiger partial charge in [0.25, 0.3) is 5.91 Å². The van der Waals surface area contributed by atoms with Gasteiger partial charge in [-0.15, -0.1) is 11.6 Å². The number of rotatable bonds is 5. The van der Waals surface area contributed by atoms with Crippen molar-refractivity contribution in [1.29, 1.82) is 0 Å². The Morgan fingerprint density at radius 1 is 1.19 bits per heavy atom. The van der Waals surface area contributed by atoms with E-state index in [2.05, 4.69) is 5.10 Å². The quantitative estimate of drug-likeness (QED) is 0.753. The van der Waals surface area contributed by atoms with Crippen LogP contribution in [0.5, 0.6) is 5.75 Å². The van der Waals surface area contributed by atoms with Gasteiger partial charge in [-0.1, -0.05) is 12.1 Å². The van der Waals surface area contributed by atoms with Crippen molar-refractivity contribution in [3.05, 3.63) is 59.7 Å². The Morgan fingerprint density at radius 2 is 1.85 bits per heavy atom. The van der Waals surface area contributed by atoms with Crippen LogP contribution in [0, 0.1) is 0 Å². The van der Waals surface area contributed by atoms with E-state index < -0.39 is 0 Å². The first-order valence-corrected chi connectivity index (χ1v) is 8.94. The Bertz CT molecular complexity index is 801. The minimum atomic E-state index is -0.197. The maximum absolute atomic E-state index is 12.3. The summed E-state index contributed by atoms with van der Waals surface area (Å²) in [5.41, 5.74) is 4.00. The molecule has 1 heterocycles. The van der Waals surface area contributed by atoms with Crippen LogP contribution in [0.3, 0.4) is 0 Å². The van der Waals surface area contributed by atoms with Gasteiger partial charge in [0, 0.05) is 26.2 Å². The number of hydrogen-bond donors (Lipinski definition) is 0. The Balaban J connectivity index is 1.89. The lowest BCUT2D eigenvalue weighted by atomic mass is 9.98. The predicted octanol–water partition coefficient (Wildman–Crippen LogP) is 3.68. The summed E-state index contributed by atoms with van der Waals surface area (Å²) in [7, 11) is 5.63. The van der Waals surface area contributed by atoms with Gasteiger partial charge < -0.3 is 9.64 Å². The minimum Gasteiger partial charge on any atom is -0.497 e. The van der Waals surface area contributed by atoms with Crippen LogP contribution >= 0.6 is 11.6 Å². The highest BCUT2D eigenvalue weighted by atomic mass is 35.5. The lowest BCUT2D eigenvalue weighted by molar-refractivity contribution is -0.130. The van der Waals surface area contributed by atoms with Crippen LogP contribution in [0.2, 0.25) is 0 Å². The van der Waals surface area contributed by atoms with E-state index in [-0.39, 0.29) is 17.8 Å². The molecule has 0 spiro atoms. The van der Waals surface area contributed by atoms with Crippen LogP contribution < -0.4 is 9.64 Å². The van der Waals surface area contributed by atoms with Gasteiger partial charge in [0.15, 0.2) is 0 Å². The van der Waals surface area contributed by atoms with Gasteiger partial charge in [-0.05, 0) is 47.5 Å². The number of nitrogens with zero attached hydrogens (tertiary/aromatic N) is 3. The predicted molar refractivity (Wildman–Crippen MR) is 105 cm³/mol. The average molecular weight is 372 g/mol. The van der Waals surface area contributed by atoms with Crippen LogP contribution in [0.15, 0.2) is 53.6 Å². The third-order valence-corrected chi connectivity index (χ3v) is 4.73. The van der Waals surface area contributed by atoms with E-state index in [0.29, 0.717) is 6.42 Å². The number of benzene rings is 2. The molecule has 0 saturated heterocycles. The summed E-state index contributed by atoms with van der Waals surface area (Å²) in [5.74, 6) is 0.500. The molecule has 0 aliphatic carbocycles. The first-order chi connectivity index (χ1) is 12.5. The Labute approximate surface area is 158 Å². The maximum atomic E-state index is 12.3. The monoisotopic (exact) mass is 371 g/mol. The molecule has 0 aromatic heterocycles. The maximum Gasteiger partial charge on any atom is 0.258 e. The molecule has 0 bridgehead atoms. The standard InChI is InChI=1S/C20H22ClN3O2/c1-23(2)16-8-4-15(5-9-16)19-12-18(22-24(19)20(25)13-21)14-6-10-17(26-3)11-7-14/h4-11,19H,12-13H2,1-3H3. The van der Waals surface area contributed by atoms with Gasteiger partial charge >= 0.3 is 0 Å². The second-order valence-electron chi connectivity index (χ2n) is 6.35. The molecule has 0 fully saturated rings. The third-order valence-electron chi connectivity index (χ3n) is 4.50. The number of alkyl halides is 1. The lowest BCUT2D eigenvalue weighted by Gasteiger charge is -2.22. The second-order valence-corrected chi connectivity index (χ2v) is 6.62. The van der Waals surface area contributed by atoms with E-state index in [1.54, 1.807) is 7.11 Å². The molecular formula is C20H22ClN3O2. The van der Waals surface area contributed by atoms with E-state index in [1.165, 1.54) is 5.01 Å². The molecule has 6 heteroatoms. The molecule has 1 amide bonds. The average Bonchev–Trinajstić information content (AvgIpc) is 3.13. The van der Waals surface area contributed by atoms with Crippen LogP contribution in [0.4, 0.5) is 5.69 Å². The topological polar surface area (TPSA) is 45.1 Å². The normalized spacial score (nSPS) is 16.4. The number of carbonyl (C=O) groups is 1. The molecule has 1 aliphatic heterocycles. The second kappa shape index (κ2) is 7.79. The van der Waals surface area contributed by atoms with Crippen molar-refractivity contribution in [3.63, 3.8) is 0 Å². The van der Waals surface area contributed by atoms with Crippen LogP contribution in [0.25, 0.3) is 0 Å². The molecule has 5 nitrogen and oxygen atoms in total. The number of hydrogen-bond acceptors (Lipinski definition) is 4. The number of hydrazone groups is 1. The summed E-state index contributed by atoms with van der Waals surface area (Å²) < 4.78 is 5.20. The van der Waals surface area contributed by atoms with Crippen molar-refractivity contribution in [1.82, 2.24) is 5.01 Å². The van der Waals surface area contributed by atoms with E-state index in [9.17, 15) is 4.79 Å². The molecule has 0 radical (unpaired) electrons. The highest BCUT2D eigenvalue weighted by Crippen LogP contribution is 2.34. The fourth-order valence-electron chi connectivity index (χ4n) is 3.01.